The molecule has 1 aromatic rings. The molecule has 0 fully saturated rings. The summed E-state index contributed by atoms with van der Waals surface area (Å²) < 4.78 is 49.6. The van der Waals surface area contributed by atoms with Gasteiger partial charge in [0.05, 0.1) is 12.5 Å². The molecule has 0 radical (unpaired) electrons. The largest absolute Gasteiger partial charge is 0.509 e. The van der Waals surface area contributed by atoms with Crippen molar-refractivity contribution in [3.63, 3.8) is 0 Å². The van der Waals surface area contributed by atoms with Crippen molar-refractivity contribution in [3.05, 3.63) is 29.6 Å². The molecule has 0 bridgehead atoms. The lowest BCUT2D eigenvalue weighted by atomic mass is 9.76. The van der Waals surface area contributed by atoms with E-state index in [0.29, 0.717) is 6.07 Å². The molecule has 0 heterocycles. The Labute approximate surface area is 78.0 Å². The molecule has 0 unspecified atom stereocenters. The molecule has 0 aromatic heterocycles. The zero-order chi connectivity index (χ0) is 10.8. The summed E-state index contributed by atoms with van der Waals surface area (Å²) in [6.45, 7) is -5.18. The molecule has 0 amide bonds. The minimum absolute atomic E-state index is 0.306. The molecule has 0 aliphatic rings. The summed E-state index contributed by atoms with van der Waals surface area (Å²) in [5.41, 5.74) is -1.20. The first-order chi connectivity index (χ1) is 6.45. The van der Waals surface area contributed by atoms with Gasteiger partial charge in [0.2, 0.25) is 0 Å². The van der Waals surface area contributed by atoms with Crippen LogP contribution >= 0.6 is 0 Å². The predicted molar refractivity (Wildman–Crippen MR) is 44.4 cm³/mol. The normalized spacial score (nSPS) is 11.1. The lowest BCUT2D eigenvalue weighted by Gasteiger charge is -2.18. The molecule has 1 aromatic carbocycles. The molecule has 0 spiro atoms. The molecular weight excluding hydrogens is 197 g/mol. The highest BCUT2D eigenvalue weighted by Crippen LogP contribution is 2.13. The van der Waals surface area contributed by atoms with E-state index < -0.39 is 24.7 Å². The van der Waals surface area contributed by atoms with Crippen LogP contribution in [0.2, 0.25) is 0 Å². The van der Waals surface area contributed by atoms with Crippen molar-refractivity contribution in [1.29, 1.82) is 5.26 Å². The molecule has 0 saturated carbocycles. The standard InChI is InChI=1S/C8H5BF4N/c10-7-1-2-8(9(11,12)13)6(5-7)3-4-14/h1-2,5H,3H2/q-1. The van der Waals surface area contributed by atoms with Gasteiger partial charge in [0.25, 0.3) is 0 Å². The minimum Gasteiger partial charge on any atom is -0.445 e. The van der Waals surface area contributed by atoms with Crippen LogP contribution in [0.25, 0.3) is 0 Å². The van der Waals surface area contributed by atoms with Crippen molar-refractivity contribution in [2.45, 2.75) is 6.42 Å². The number of hydrogen-bond acceptors (Lipinski definition) is 1. The van der Waals surface area contributed by atoms with Crippen molar-refractivity contribution in [2.75, 3.05) is 0 Å². The fourth-order valence-electron chi connectivity index (χ4n) is 1.13. The minimum atomic E-state index is -5.18. The summed E-state index contributed by atoms with van der Waals surface area (Å²) in [7, 11) is 0. The lowest BCUT2D eigenvalue weighted by Crippen LogP contribution is -2.36. The number of rotatable bonds is 2. The van der Waals surface area contributed by atoms with Crippen molar-refractivity contribution < 1.29 is 17.3 Å². The van der Waals surface area contributed by atoms with E-state index in [-0.39, 0.29) is 5.56 Å². The third-order valence-electron chi connectivity index (χ3n) is 1.73. The smallest absolute Gasteiger partial charge is 0.445 e. The molecule has 74 valence electrons. The molecular formula is C8H5BF4N-. The van der Waals surface area contributed by atoms with E-state index in [1.165, 1.54) is 0 Å². The van der Waals surface area contributed by atoms with E-state index in [2.05, 4.69) is 0 Å². The van der Waals surface area contributed by atoms with Crippen LogP contribution in [0, 0.1) is 17.1 Å². The molecule has 1 nitrogen and oxygen atoms in total. The van der Waals surface area contributed by atoms with Crippen molar-refractivity contribution in [3.8, 4) is 6.07 Å². The lowest BCUT2D eigenvalue weighted by molar-refractivity contribution is 0.500. The maximum absolute atomic E-state index is 12.6. The molecule has 0 aliphatic carbocycles. The highest BCUT2D eigenvalue weighted by molar-refractivity contribution is 6.74. The third kappa shape index (κ3) is 2.25. The number of nitriles is 1. The molecule has 0 aliphatic heterocycles. The predicted octanol–water partition coefficient (Wildman–Crippen LogP) is 1.95. The van der Waals surface area contributed by atoms with Gasteiger partial charge in [0.1, 0.15) is 5.82 Å². The summed E-state index contributed by atoms with van der Waals surface area (Å²) in [5, 5.41) is 8.27. The van der Waals surface area contributed by atoms with E-state index in [0.717, 1.165) is 12.1 Å². The second-order valence-electron chi connectivity index (χ2n) is 2.75. The van der Waals surface area contributed by atoms with Crippen LogP contribution in [0.1, 0.15) is 5.56 Å². The molecule has 6 heteroatoms. The van der Waals surface area contributed by atoms with Crippen molar-refractivity contribution in [2.24, 2.45) is 0 Å². The van der Waals surface area contributed by atoms with Gasteiger partial charge < -0.3 is 12.9 Å². The Morgan fingerprint density at radius 2 is 1.93 bits per heavy atom. The van der Waals surface area contributed by atoms with Gasteiger partial charge in [-0.1, -0.05) is 11.6 Å². The zero-order valence-electron chi connectivity index (χ0n) is 6.98. The summed E-state index contributed by atoms with van der Waals surface area (Å²) >= 11 is 0. The summed E-state index contributed by atoms with van der Waals surface area (Å²) in [6.07, 6.45) is -0.436. The van der Waals surface area contributed by atoms with Gasteiger partial charge >= 0.3 is 6.98 Å². The van der Waals surface area contributed by atoms with Crippen LogP contribution < -0.4 is 5.46 Å². The van der Waals surface area contributed by atoms with E-state index in [1.54, 1.807) is 6.07 Å². The van der Waals surface area contributed by atoms with Gasteiger partial charge in [-0.25, -0.2) is 4.39 Å². The summed E-state index contributed by atoms with van der Waals surface area (Å²) in [4.78, 5) is 0. The number of halogens is 4. The monoisotopic (exact) mass is 202 g/mol. The summed E-state index contributed by atoms with van der Waals surface area (Å²) in [5.74, 6) is -0.765. The second-order valence-corrected chi connectivity index (χ2v) is 2.75. The Morgan fingerprint density at radius 3 is 2.43 bits per heavy atom. The third-order valence-corrected chi connectivity index (χ3v) is 1.73. The van der Waals surface area contributed by atoms with Crippen LogP contribution in [0.4, 0.5) is 17.3 Å². The molecule has 0 saturated heterocycles. The average Bonchev–Trinajstić information content (AvgIpc) is 2.02. The van der Waals surface area contributed by atoms with Gasteiger partial charge in [-0.3, -0.25) is 0 Å². The fraction of sp³-hybridized carbons (Fsp3) is 0.125. The molecule has 1 rings (SSSR count). The maximum atomic E-state index is 12.6. The van der Waals surface area contributed by atoms with E-state index in [9.17, 15) is 17.3 Å². The first-order valence-corrected chi connectivity index (χ1v) is 3.80. The number of hydrogen-bond donors (Lipinski definition) is 0. The van der Waals surface area contributed by atoms with E-state index in [4.69, 9.17) is 5.26 Å². The van der Waals surface area contributed by atoms with Crippen LogP contribution in [0.3, 0.4) is 0 Å². The number of nitrogens with zero attached hydrogens (tertiary/aromatic N) is 1. The Morgan fingerprint density at radius 1 is 1.29 bits per heavy atom. The van der Waals surface area contributed by atoms with Crippen molar-refractivity contribution >= 4 is 12.4 Å². The topological polar surface area (TPSA) is 23.8 Å². The van der Waals surface area contributed by atoms with Crippen molar-refractivity contribution in [1.82, 2.24) is 0 Å². The first kappa shape index (κ1) is 10.6. The van der Waals surface area contributed by atoms with E-state index >= 15 is 0 Å². The van der Waals surface area contributed by atoms with Gasteiger partial charge in [0, 0.05) is 0 Å². The highest BCUT2D eigenvalue weighted by atomic mass is 19.4. The molecule has 0 atom stereocenters. The fourth-order valence-corrected chi connectivity index (χ4v) is 1.13. The van der Waals surface area contributed by atoms with Crippen LogP contribution in [0.15, 0.2) is 18.2 Å². The number of benzene rings is 1. The van der Waals surface area contributed by atoms with Gasteiger partial charge in [-0.2, -0.15) is 5.26 Å². The Bertz CT molecular complexity index is 380. The van der Waals surface area contributed by atoms with E-state index in [1.807, 2.05) is 0 Å². The summed E-state index contributed by atoms with van der Waals surface area (Å²) in [6, 6.07) is 3.72. The maximum Gasteiger partial charge on any atom is 0.509 e. The zero-order valence-corrected chi connectivity index (χ0v) is 6.98. The molecule has 14 heavy (non-hydrogen) atoms. The van der Waals surface area contributed by atoms with Gasteiger partial charge in [-0.15, -0.1) is 5.46 Å². The second kappa shape index (κ2) is 3.70. The van der Waals surface area contributed by atoms with Gasteiger partial charge in [0.15, 0.2) is 0 Å². The van der Waals surface area contributed by atoms with Crippen LogP contribution in [-0.4, -0.2) is 6.98 Å². The SMILES string of the molecule is N#CCc1cc(F)ccc1[B-](F)(F)F. The van der Waals surface area contributed by atoms with Crippen LogP contribution in [-0.2, 0) is 6.42 Å². The highest BCUT2D eigenvalue weighted by Gasteiger charge is 2.28. The first-order valence-electron chi connectivity index (χ1n) is 3.80. The Balaban J connectivity index is 3.23. The molecule has 0 N–H and O–H groups in total. The Hall–Kier alpha value is -1.51. The van der Waals surface area contributed by atoms with Crippen LogP contribution in [0.5, 0.6) is 0 Å². The Kier molecular flexibility index (Phi) is 2.80. The quantitative estimate of drug-likeness (QED) is 0.530. The van der Waals surface area contributed by atoms with Gasteiger partial charge in [-0.05, 0) is 12.1 Å². The average molecular weight is 202 g/mol.